The molecule has 36 heavy (non-hydrogen) atoms. The minimum Gasteiger partial charge on any atom is -0.422 e. The van der Waals surface area contributed by atoms with Gasteiger partial charge in [0, 0.05) is 22.3 Å². The number of hydrogen-bond acceptors (Lipinski definition) is 4. The molecular weight excluding hydrogens is 516 g/mol. The molecule has 0 aliphatic rings. The first kappa shape index (κ1) is 25.2. The van der Waals surface area contributed by atoms with Gasteiger partial charge >= 0.3 is 5.97 Å². The van der Waals surface area contributed by atoms with Gasteiger partial charge in [0.05, 0.1) is 16.8 Å². The number of esters is 1. The van der Waals surface area contributed by atoms with Crippen LogP contribution in [0, 0.1) is 24.4 Å². The van der Waals surface area contributed by atoms with E-state index >= 15 is 0 Å². The molecule has 1 N–H and O–H groups in total. The normalized spacial score (nSPS) is 10.7. The molecule has 4 aromatic rings. The number of nitrogens with zero attached hydrogens (tertiary/aromatic N) is 1. The number of aromatic nitrogens is 1. The van der Waals surface area contributed by atoms with Crippen molar-refractivity contribution in [3.8, 4) is 16.9 Å². The van der Waals surface area contributed by atoms with Crippen molar-refractivity contribution >= 4 is 40.8 Å². The molecule has 0 aliphatic heterocycles. The zero-order valence-corrected chi connectivity index (χ0v) is 19.9. The lowest BCUT2D eigenvalue weighted by Gasteiger charge is -2.14. The number of rotatable bonds is 5. The summed E-state index contributed by atoms with van der Waals surface area (Å²) in [6.07, 6.45) is 0. The number of anilines is 1. The predicted molar refractivity (Wildman–Crippen MR) is 130 cm³/mol. The Kier molecular flexibility index (Phi) is 7.28. The standard InChI is InChI=1S/C26H15Cl2F3N2O3/c1-13-19(12-22(31)24(28)32-13)26(35)36-23-8-5-14(18-7-6-16(29)11-21(18)30)9-20(23)25(34)33-17-4-2-3-15(27)10-17/h2-12H,1H3,(H,33,34). The van der Waals surface area contributed by atoms with E-state index in [9.17, 15) is 22.8 Å². The molecule has 0 saturated carbocycles. The van der Waals surface area contributed by atoms with Gasteiger partial charge in [-0.15, -0.1) is 0 Å². The fraction of sp³-hybridized carbons (Fsp3) is 0.0385. The third-order valence-corrected chi connectivity index (χ3v) is 5.60. The van der Waals surface area contributed by atoms with Gasteiger partial charge < -0.3 is 10.1 Å². The molecule has 0 unspecified atom stereocenters. The number of benzene rings is 3. The highest BCUT2D eigenvalue weighted by molar-refractivity contribution is 6.31. The SMILES string of the molecule is Cc1nc(Cl)c(F)cc1C(=O)Oc1ccc(-c2ccc(F)cc2F)cc1C(=O)Nc1cccc(Cl)c1. The monoisotopic (exact) mass is 530 g/mol. The third-order valence-electron chi connectivity index (χ3n) is 5.10. The Labute approximate surface area is 213 Å². The predicted octanol–water partition coefficient (Wildman–Crippen LogP) is 7.25. The van der Waals surface area contributed by atoms with E-state index in [4.69, 9.17) is 27.9 Å². The van der Waals surface area contributed by atoms with Crippen LogP contribution in [0.2, 0.25) is 10.2 Å². The first-order valence-corrected chi connectivity index (χ1v) is 11.1. The molecule has 182 valence electrons. The smallest absolute Gasteiger partial charge is 0.345 e. The molecule has 0 atom stereocenters. The third kappa shape index (κ3) is 5.50. The highest BCUT2D eigenvalue weighted by atomic mass is 35.5. The lowest BCUT2D eigenvalue weighted by atomic mass is 10.0. The molecule has 1 aromatic heterocycles. The van der Waals surface area contributed by atoms with Crippen LogP contribution in [0.1, 0.15) is 26.4 Å². The van der Waals surface area contributed by atoms with E-state index in [0.29, 0.717) is 16.8 Å². The van der Waals surface area contributed by atoms with Crippen LogP contribution < -0.4 is 10.1 Å². The van der Waals surface area contributed by atoms with E-state index < -0.39 is 34.5 Å². The van der Waals surface area contributed by atoms with Gasteiger partial charge in [-0.3, -0.25) is 4.79 Å². The number of amides is 1. The minimum atomic E-state index is -0.993. The molecule has 0 radical (unpaired) electrons. The molecule has 4 rings (SSSR count). The van der Waals surface area contributed by atoms with Crippen molar-refractivity contribution in [2.45, 2.75) is 6.92 Å². The van der Waals surface area contributed by atoms with Gasteiger partial charge in [-0.05, 0) is 61.0 Å². The van der Waals surface area contributed by atoms with Crippen molar-refractivity contribution in [3.63, 3.8) is 0 Å². The van der Waals surface area contributed by atoms with Crippen LogP contribution in [0.5, 0.6) is 5.75 Å². The van der Waals surface area contributed by atoms with E-state index in [1.54, 1.807) is 18.2 Å². The number of carbonyl (C=O) groups is 2. The van der Waals surface area contributed by atoms with E-state index in [0.717, 1.165) is 12.1 Å². The second kappa shape index (κ2) is 10.4. The maximum Gasteiger partial charge on any atom is 0.345 e. The van der Waals surface area contributed by atoms with E-state index in [2.05, 4.69) is 10.3 Å². The first-order valence-electron chi connectivity index (χ1n) is 10.3. The van der Waals surface area contributed by atoms with Gasteiger partial charge in [0.2, 0.25) is 0 Å². The Hall–Kier alpha value is -3.88. The van der Waals surface area contributed by atoms with Crippen LogP contribution >= 0.6 is 23.2 Å². The first-order chi connectivity index (χ1) is 17.1. The van der Waals surface area contributed by atoms with Gasteiger partial charge in [0.15, 0.2) is 11.0 Å². The molecule has 0 saturated heterocycles. The van der Waals surface area contributed by atoms with E-state index in [1.165, 1.54) is 37.3 Å². The molecular formula is C26H15Cl2F3N2O3. The lowest BCUT2D eigenvalue weighted by Crippen LogP contribution is -2.17. The Morgan fingerprint density at radius 1 is 0.889 bits per heavy atom. The molecule has 0 fully saturated rings. The maximum atomic E-state index is 14.4. The van der Waals surface area contributed by atoms with E-state index in [-0.39, 0.29) is 33.7 Å². The second-order valence-corrected chi connectivity index (χ2v) is 8.38. The van der Waals surface area contributed by atoms with Crippen molar-refractivity contribution in [1.29, 1.82) is 0 Å². The van der Waals surface area contributed by atoms with Crippen molar-refractivity contribution in [2.75, 3.05) is 5.32 Å². The molecule has 10 heteroatoms. The molecule has 0 aliphatic carbocycles. The van der Waals surface area contributed by atoms with Gasteiger partial charge in [0.25, 0.3) is 5.91 Å². The van der Waals surface area contributed by atoms with Crippen molar-refractivity contribution in [2.24, 2.45) is 0 Å². The summed E-state index contributed by atoms with van der Waals surface area (Å²) in [5.74, 6) is -4.43. The zero-order chi connectivity index (χ0) is 26.0. The Balaban J connectivity index is 1.75. The zero-order valence-electron chi connectivity index (χ0n) is 18.4. The number of halogens is 5. The van der Waals surface area contributed by atoms with Crippen LogP contribution in [-0.4, -0.2) is 16.9 Å². The summed E-state index contributed by atoms with van der Waals surface area (Å²) < 4.78 is 47.1. The van der Waals surface area contributed by atoms with E-state index in [1.807, 2.05) is 0 Å². The summed E-state index contributed by atoms with van der Waals surface area (Å²) in [7, 11) is 0. The van der Waals surface area contributed by atoms with Crippen LogP contribution in [-0.2, 0) is 0 Å². The highest BCUT2D eigenvalue weighted by Crippen LogP contribution is 2.31. The quantitative estimate of drug-likeness (QED) is 0.167. The molecule has 1 amide bonds. The van der Waals surface area contributed by atoms with Gasteiger partial charge in [-0.1, -0.05) is 35.3 Å². The molecule has 1 heterocycles. The molecule has 0 spiro atoms. The topological polar surface area (TPSA) is 68.3 Å². The Morgan fingerprint density at radius 2 is 1.67 bits per heavy atom. The van der Waals surface area contributed by atoms with Gasteiger partial charge in [0.1, 0.15) is 17.4 Å². The lowest BCUT2D eigenvalue weighted by molar-refractivity contribution is 0.0731. The van der Waals surface area contributed by atoms with Crippen molar-refractivity contribution in [3.05, 3.63) is 111 Å². The summed E-state index contributed by atoms with van der Waals surface area (Å²) in [6, 6.07) is 14.1. The van der Waals surface area contributed by atoms with Gasteiger partial charge in [-0.25, -0.2) is 22.9 Å². The highest BCUT2D eigenvalue weighted by Gasteiger charge is 2.22. The number of ether oxygens (including phenoxy) is 1. The van der Waals surface area contributed by atoms with Gasteiger partial charge in [-0.2, -0.15) is 0 Å². The Morgan fingerprint density at radius 3 is 2.39 bits per heavy atom. The summed E-state index contributed by atoms with van der Waals surface area (Å²) in [6.45, 7) is 1.44. The van der Waals surface area contributed by atoms with Crippen molar-refractivity contribution in [1.82, 2.24) is 4.98 Å². The summed E-state index contributed by atoms with van der Waals surface area (Å²) in [5.41, 5.74) is 0.352. The summed E-state index contributed by atoms with van der Waals surface area (Å²) in [5, 5.41) is 2.59. The summed E-state index contributed by atoms with van der Waals surface area (Å²) in [4.78, 5) is 29.7. The number of aryl methyl sites for hydroxylation is 1. The largest absolute Gasteiger partial charge is 0.422 e. The second-order valence-electron chi connectivity index (χ2n) is 7.58. The number of carbonyl (C=O) groups excluding carboxylic acids is 2. The Bertz CT molecular complexity index is 1510. The fourth-order valence-corrected chi connectivity index (χ4v) is 3.74. The summed E-state index contributed by atoms with van der Waals surface area (Å²) >= 11 is 11.6. The average Bonchev–Trinajstić information content (AvgIpc) is 2.81. The minimum absolute atomic E-state index is 0.0194. The maximum absolute atomic E-state index is 14.4. The molecule has 5 nitrogen and oxygen atoms in total. The van der Waals surface area contributed by atoms with Crippen LogP contribution in [0.25, 0.3) is 11.1 Å². The fourth-order valence-electron chi connectivity index (χ4n) is 3.37. The number of pyridine rings is 1. The molecule has 0 bridgehead atoms. The average molecular weight is 531 g/mol. The van der Waals surface area contributed by atoms with Crippen LogP contribution in [0.3, 0.4) is 0 Å². The van der Waals surface area contributed by atoms with Crippen molar-refractivity contribution < 1.29 is 27.5 Å². The number of hydrogen-bond donors (Lipinski definition) is 1. The van der Waals surface area contributed by atoms with Crippen LogP contribution in [0.4, 0.5) is 18.9 Å². The molecule has 3 aromatic carbocycles. The number of nitrogens with one attached hydrogen (secondary N) is 1. The van der Waals surface area contributed by atoms with Crippen LogP contribution in [0.15, 0.2) is 66.7 Å².